The Morgan fingerprint density at radius 3 is 1.95 bits per heavy atom. The van der Waals surface area contributed by atoms with Gasteiger partial charge in [-0.15, -0.1) is 0 Å². The summed E-state index contributed by atoms with van der Waals surface area (Å²) in [6.45, 7) is 5.27. The van der Waals surface area contributed by atoms with Gasteiger partial charge in [-0.3, -0.25) is 9.59 Å². The van der Waals surface area contributed by atoms with Crippen LogP contribution in [-0.2, 0) is 19.1 Å². The SMILES string of the molecule is CCOC(=O)C(C)(/C=C/c1ccc(OC)cc1)C(=O)OCC. The van der Waals surface area contributed by atoms with Crippen LogP contribution in [0.3, 0.4) is 0 Å². The lowest BCUT2D eigenvalue weighted by atomic mass is 9.89. The lowest BCUT2D eigenvalue weighted by Crippen LogP contribution is -2.37. The third kappa shape index (κ3) is 4.35. The lowest BCUT2D eigenvalue weighted by Gasteiger charge is -2.21. The number of methoxy groups -OCH3 is 1. The summed E-state index contributed by atoms with van der Waals surface area (Å²) in [4.78, 5) is 24.2. The van der Waals surface area contributed by atoms with Crippen LogP contribution in [0.4, 0.5) is 0 Å². The summed E-state index contributed by atoms with van der Waals surface area (Å²) >= 11 is 0. The van der Waals surface area contributed by atoms with Crippen molar-refractivity contribution >= 4 is 18.0 Å². The highest BCUT2D eigenvalue weighted by Crippen LogP contribution is 2.25. The molecule has 0 aliphatic carbocycles. The Hall–Kier alpha value is -2.30. The highest BCUT2D eigenvalue weighted by atomic mass is 16.6. The first-order valence-electron chi connectivity index (χ1n) is 7.15. The van der Waals surface area contributed by atoms with Gasteiger partial charge in [0.15, 0.2) is 5.41 Å². The molecule has 0 heterocycles. The molecule has 22 heavy (non-hydrogen) atoms. The van der Waals surface area contributed by atoms with Gasteiger partial charge in [-0.25, -0.2) is 0 Å². The second-order valence-corrected chi connectivity index (χ2v) is 4.75. The Labute approximate surface area is 130 Å². The Morgan fingerprint density at radius 2 is 1.55 bits per heavy atom. The van der Waals surface area contributed by atoms with Crippen LogP contribution in [-0.4, -0.2) is 32.3 Å². The third-order valence-corrected chi connectivity index (χ3v) is 3.12. The fourth-order valence-corrected chi connectivity index (χ4v) is 1.76. The number of benzene rings is 1. The summed E-state index contributed by atoms with van der Waals surface area (Å²) < 4.78 is 15.1. The van der Waals surface area contributed by atoms with E-state index in [1.165, 1.54) is 13.0 Å². The predicted molar refractivity (Wildman–Crippen MR) is 83.4 cm³/mol. The molecule has 0 unspecified atom stereocenters. The van der Waals surface area contributed by atoms with Crippen molar-refractivity contribution in [3.8, 4) is 5.75 Å². The number of carbonyl (C=O) groups excluding carboxylic acids is 2. The smallest absolute Gasteiger partial charge is 0.327 e. The molecule has 0 saturated carbocycles. The molecule has 0 bridgehead atoms. The zero-order valence-electron chi connectivity index (χ0n) is 13.4. The minimum absolute atomic E-state index is 0.199. The molecule has 0 atom stereocenters. The molecule has 0 spiro atoms. The van der Waals surface area contributed by atoms with E-state index in [4.69, 9.17) is 14.2 Å². The van der Waals surface area contributed by atoms with E-state index in [9.17, 15) is 9.59 Å². The van der Waals surface area contributed by atoms with E-state index in [0.29, 0.717) is 0 Å². The van der Waals surface area contributed by atoms with Crippen molar-refractivity contribution in [3.63, 3.8) is 0 Å². The summed E-state index contributed by atoms with van der Waals surface area (Å²) in [6, 6.07) is 7.25. The molecule has 1 rings (SSSR count). The fourth-order valence-electron chi connectivity index (χ4n) is 1.76. The average Bonchev–Trinajstić information content (AvgIpc) is 2.53. The summed E-state index contributed by atoms with van der Waals surface area (Å²) in [5.41, 5.74) is -0.632. The topological polar surface area (TPSA) is 61.8 Å². The minimum Gasteiger partial charge on any atom is -0.497 e. The Kier molecular flexibility index (Phi) is 6.63. The van der Waals surface area contributed by atoms with Gasteiger partial charge in [0.2, 0.25) is 0 Å². The summed E-state index contributed by atoms with van der Waals surface area (Å²) in [6.07, 6.45) is 3.19. The molecule has 5 nitrogen and oxygen atoms in total. The van der Waals surface area contributed by atoms with Crippen LogP contribution in [0.25, 0.3) is 6.08 Å². The molecule has 0 N–H and O–H groups in total. The van der Waals surface area contributed by atoms with Gasteiger partial charge in [0, 0.05) is 0 Å². The van der Waals surface area contributed by atoms with Crippen LogP contribution < -0.4 is 4.74 Å². The van der Waals surface area contributed by atoms with Gasteiger partial charge < -0.3 is 14.2 Å². The van der Waals surface area contributed by atoms with Gasteiger partial charge in [0.05, 0.1) is 20.3 Å². The number of esters is 2. The molecule has 120 valence electrons. The molecule has 0 amide bonds. The number of hydrogen-bond donors (Lipinski definition) is 0. The molecule has 1 aromatic rings. The molecule has 0 saturated heterocycles. The third-order valence-electron chi connectivity index (χ3n) is 3.12. The Morgan fingerprint density at radius 1 is 1.05 bits per heavy atom. The molecule has 0 fully saturated rings. The van der Waals surface area contributed by atoms with E-state index in [1.54, 1.807) is 39.2 Å². The van der Waals surface area contributed by atoms with E-state index in [-0.39, 0.29) is 13.2 Å². The van der Waals surface area contributed by atoms with E-state index < -0.39 is 17.4 Å². The van der Waals surface area contributed by atoms with Crippen molar-refractivity contribution < 1.29 is 23.8 Å². The van der Waals surface area contributed by atoms with Gasteiger partial charge in [-0.2, -0.15) is 0 Å². The van der Waals surface area contributed by atoms with E-state index in [2.05, 4.69) is 0 Å². The van der Waals surface area contributed by atoms with Gasteiger partial charge in [0.25, 0.3) is 0 Å². The monoisotopic (exact) mass is 306 g/mol. The molecular formula is C17H22O5. The second kappa shape index (κ2) is 8.22. The van der Waals surface area contributed by atoms with Crippen LogP contribution in [0, 0.1) is 5.41 Å². The summed E-state index contributed by atoms with van der Waals surface area (Å²) in [5, 5.41) is 0. The van der Waals surface area contributed by atoms with Crippen LogP contribution in [0.15, 0.2) is 30.3 Å². The van der Waals surface area contributed by atoms with Gasteiger partial charge in [-0.1, -0.05) is 24.3 Å². The fraction of sp³-hybridized carbons (Fsp3) is 0.412. The molecule has 0 radical (unpaired) electrons. The van der Waals surface area contributed by atoms with Crippen molar-refractivity contribution in [1.82, 2.24) is 0 Å². The number of carbonyl (C=O) groups is 2. The zero-order chi connectivity index (χ0) is 16.6. The predicted octanol–water partition coefficient (Wildman–Crippen LogP) is 2.84. The summed E-state index contributed by atoms with van der Waals surface area (Å²) in [7, 11) is 1.59. The molecule has 5 heteroatoms. The normalized spacial score (nSPS) is 11.3. The first kappa shape index (κ1) is 17.8. The maximum absolute atomic E-state index is 12.1. The largest absolute Gasteiger partial charge is 0.497 e. The Balaban J connectivity index is 3.02. The van der Waals surface area contributed by atoms with Crippen molar-refractivity contribution in [3.05, 3.63) is 35.9 Å². The highest BCUT2D eigenvalue weighted by Gasteiger charge is 2.41. The van der Waals surface area contributed by atoms with E-state index >= 15 is 0 Å². The number of hydrogen-bond acceptors (Lipinski definition) is 5. The highest BCUT2D eigenvalue weighted by molar-refractivity contribution is 6.02. The first-order valence-corrected chi connectivity index (χ1v) is 7.15. The van der Waals surface area contributed by atoms with Crippen LogP contribution in [0.5, 0.6) is 5.75 Å². The van der Waals surface area contributed by atoms with E-state index in [1.807, 2.05) is 12.1 Å². The van der Waals surface area contributed by atoms with Gasteiger partial charge >= 0.3 is 11.9 Å². The van der Waals surface area contributed by atoms with Gasteiger partial charge in [-0.05, 0) is 38.5 Å². The molecular weight excluding hydrogens is 284 g/mol. The maximum atomic E-state index is 12.1. The summed E-state index contributed by atoms with van der Waals surface area (Å²) in [5.74, 6) is -0.521. The molecule has 1 aromatic carbocycles. The zero-order valence-corrected chi connectivity index (χ0v) is 13.4. The number of ether oxygens (including phenoxy) is 3. The van der Waals surface area contributed by atoms with Crippen LogP contribution in [0.1, 0.15) is 26.3 Å². The van der Waals surface area contributed by atoms with Crippen LogP contribution in [0.2, 0.25) is 0 Å². The van der Waals surface area contributed by atoms with Crippen LogP contribution >= 0.6 is 0 Å². The van der Waals surface area contributed by atoms with E-state index in [0.717, 1.165) is 11.3 Å². The average molecular weight is 306 g/mol. The maximum Gasteiger partial charge on any atom is 0.327 e. The molecule has 0 aliphatic heterocycles. The van der Waals surface area contributed by atoms with Crippen molar-refractivity contribution in [1.29, 1.82) is 0 Å². The molecule has 0 aliphatic rings. The molecule has 0 aromatic heterocycles. The number of rotatable bonds is 7. The van der Waals surface area contributed by atoms with Crippen molar-refractivity contribution in [2.24, 2.45) is 5.41 Å². The quantitative estimate of drug-likeness (QED) is 0.572. The Bertz CT molecular complexity index is 512. The standard InChI is InChI=1S/C17H22O5/c1-5-21-15(18)17(3,16(19)22-6-2)12-11-13-7-9-14(20-4)10-8-13/h7-12H,5-6H2,1-4H3/b12-11+. The second-order valence-electron chi connectivity index (χ2n) is 4.75. The first-order chi connectivity index (χ1) is 10.5. The lowest BCUT2D eigenvalue weighted by molar-refractivity contribution is -0.166. The minimum atomic E-state index is -1.47. The van der Waals surface area contributed by atoms with Crippen molar-refractivity contribution in [2.45, 2.75) is 20.8 Å². The van der Waals surface area contributed by atoms with Crippen molar-refractivity contribution in [2.75, 3.05) is 20.3 Å². The van der Waals surface area contributed by atoms with Gasteiger partial charge in [0.1, 0.15) is 5.75 Å².